The highest BCUT2D eigenvalue weighted by molar-refractivity contribution is 7.98. The number of nitrogens with two attached hydrogens (primary N) is 1. The molecule has 0 aliphatic rings. The number of hydrogen-bond acceptors (Lipinski definition) is 8. The summed E-state index contributed by atoms with van der Waals surface area (Å²) in [6, 6.07) is 4.58. The predicted octanol–water partition coefficient (Wildman–Crippen LogP) is 1.75. The van der Waals surface area contributed by atoms with Crippen molar-refractivity contribution in [3.8, 4) is 16.9 Å². The summed E-state index contributed by atoms with van der Waals surface area (Å²) in [6.07, 6.45) is 0. The van der Waals surface area contributed by atoms with E-state index in [0.29, 0.717) is 28.0 Å². The first-order chi connectivity index (χ1) is 14.2. The van der Waals surface area contributed by atoms with Crippen molar-refractivity contribution in [3.05, 3.63) is 51.1 Å². The van der Waals surface area contributed by atoms with E-state index in [9.17, 15) is 24.6 Å². The van der Waals surface area contributed by atoms with Crippen LogP contribution in [0.3, 0.4) is 0 Å². The molecule has 3 rings (SSSR count). The Morgan fingerprint density at radius 1 is 1.23 bits per heavy atom. The largest absolute Gasteiger partial charge is 0.496 e. The number of methoxy groups -OCH3 is 1. The zero-order valence-corrected chi connectivity index (χ0v) is 16.7. The first kappa shape index (κ1) is 20.9. The van der Waals surface area contributed by atoms with Crippen LogP contribution in [0, 0.1) is 6.92 Å². The van der Waals surface area contributed by atoms with Gasteiger partial charge in [-0.3, -0.25) is 9.89 Å². The molecule has 0 bridgehead atoms. The second kappa shape index (κ2) is 8.29. The molecule has 156 valence electrons. The molecule has 0 aliphatic carbocycles. The number of carboxylic acid groups (broad SMARTS) is 2. The number of H-pyrrole nitrogens is 2. The fourth-order valence-corrected chi connectivity index (χ4v) is 3.73. The van der Waals surface area contributed by atoms with Gasteiger partial charge in [-0.2, -0.15) is 0 Å². The van der Waals surface area contributed by atoms with Crippen LogP contribution in [0.2, 0.25) is 0 Å². The third-order valence-corrected chi connectivity index (χ3v) is 5.07. The molecule has 12 heteroatoms. The van der Waals surface area contributed by atoms with Gasteiger partial charge in [-0.15, -0.1) is 5.10 Å². The van der Waals surface area contributed by atoms with Crippen LogP contribution >= 0.6 is 11.8 Å². The third kappa shape index (κ3) is 3.98. The Labute approximate surface area is 173 Å². The molecule has 0 radical (unpaired) electrons. The number of aromatic nitrogens is 4. The van der Waals surface area contributed by atoms with E-state index < -0.39 is 34.4 Å². The lowest BCUT2D eigenvalue weighted by Gasteiger charge is -2.14. The molecule has 0 spiro atoms. The molecule has 0 aliphatic heterocycles. The highest BCUT2D eigenvalue weighted by Gasteiger charge is 2.27. The minimum atomic E-state index is -1.57. The van der Waals surface area contributed by atoms with Gasteiger partial charge in [0.25, 0.3) is 5.56 Å². The normalized spacial score (nSPS) is 10.7. The van der Waals surface area contributed by atoms with Gasteiger partial charge in [0.05, 0.1) is 7.11 Å². The zero-order chi connectivity index (χ0) is 22.0. The maximum Gasteiger partial charge on any atom is 0.342 e. The quantitative estimate of drug-likeness (QED) is 0.345. The summed E-state index contributed by atoms with van der Waals surface area (Å²) in [4.78, 5) is 42.0. The van der Waals surface area contributed by atoms with Crippen molar-refractivity contribution in [2.45, 2.75) is 17.8 Å². The Hall–Kier alpha value is -3.80. The van der Waals surface area contributed by atoms with Gasteiger partial charge in [0, 0.05) is 16.9 Å². The van der Waals surface area contributed by atoms with E-state index in [2.05, 4.69) is 20.2 Å². The maximum absolute atomic E-state index is 12.2. The van der Waals surface area contributed by atoms with E-state index in [0.717, 1.165) is 0 Å². The fraction of sp³-hybridized carbons (Fsp3) is 0.167. The topological polar surface area (TPSA) is 184 Å². The molecule has 30 heavy (non-hydrogen) atoms. The van der Waals surface area contributed by atoms with Crippen LogP contribution in [-0.4, -0.2) is 49.4 Å². The molecule has 6 N–H and O–H groups in total. The Kier molecular flexibility index (Phi) is 5.78. The summed E-state index contributed by atoms with van der Waals surface area (Å²) >= 11 is 1.30. The SMILES string of the molecule is COc1ccc(-c2c(C(=O)O)c(N)[nH]c(=O)c2C(=O)O)cc1CSc1n[nH]c(C)n1. The zero-order valence-electron chi connectivity index (χ0n) is 15.8. The summed E-state index contributed by atoms with van der Waals surface area (Å²) < 4.78 is 5.35. The first-order valence-corrected chi connectivity index (χ1v) is 9.43. The fourth-order valence-electron chi connectivity index (χ4n) is 2.91. The number of aryl methyl sites for hydroxylation is 1. The van der Waals surface area contributed by atoms with Crippen molar-refractivity contribution >= 4 is 29.5 Å². The van der Waals surface area contributed by atoms with Gasteiger partial charge in [-0.25, -0.2) is 14.6 Å². The van der Waals surface area contributed by atoms with Crippen LogP contribution in [0.4, 0.5) is 5.82 Å². The van der Waals surface area contributed by atoms with Gasteiger partial charge in [-0.1, -0.05) is 17.8 Å². The summed E-state index contributed by atoms with van der Waals surface area (Å²) in [5.41, 5.74) is 4.01. The summed E-state index contributed by atoms with van der Waals surface area (Å²) in [6.45, 7) is 1.76. The molecule has 0 fully saturated rings. The number of hydrogen-bond donors (Lipinski definition) is 5. The third-order valence-electron chi connectivity index (χ3n) is 4.17. The number of aromatic carboxylic acids is 2. The number of nitrogens with zero attached hydrogens (tertiary/aromatic N) is 2. The summed E-state index contributed by atoms with van der Waals surface area (Å²) in [7, 11) is 1.47. The molecular weight excluding hydrogens is 414 g/mol. The van der Waals surface area contributed by atoms with Crippen LogP contribution in [0.5, 0.6) is 5.75 Å². The Bertz CT molecular complexity index is 1200. The molecule has 0 saturated heterocycles. The molecular formula is C18H17N5O6S. The number of carbonyl (C=O) groups is 2. The average molecular weight is 431 g/mol. The van der Waals surface area contributed by atoms with E-state index in [-0.39, 0.29) is 11.1 Å². The first-order valence-electron chi connectivity index (χ1n) is 8.44. The minimum absolute atomic E-state index is 0.199. The molecule has 2 heterocycles. The van der Waals surface area contributed by atoms with E-state index in [1.165, 1.54) is 24.9 Å². The number of nitrogens with one attached hydrogen (secondary N) is 2. The second-order valence-electron chi connectivity index (χ2n) is 6.12. The van der Waals surface area contributed by atoms with E-state index in [1.807, 2.05) is 0 Å². The lowest BCUT2D eigenvalue weighted by Crippen LogP contribution is -2.24. The lowest BCUT2D eigenvalue weighted by atomic mass is 9.94. The van der Waals surface area contributed by atoms with E-state index >= 15 is 0 Å². The maximum atomic E-state index is 12.2. The number of carboxylic acids is 2. The van der Waals surface area contributed by atoms with Crippen molar-refractivity contribution < 1.29 is 24.5 Å². The number of rotatable bonds is 7. The number of anilines is 1. The molecule has 0 amide bonds. The van der Waals surface area contributed by atoms with Gasteiger partial charge >= 0.3 is 11.9 Å². The second-order valence-corrected chi connectivity index (χ2v) is 7.06. The van der Waals surface area contributed by atoms with E-state index in [4.69, 9.17) is 10.5 Å². The van der Waals surface area contributed by atoms with Crippen LogP contribution in [0.25, 0.3) is 11.1 Å². The van der Waals surface area contributed by atoms with Gasteiger partial charge in [0.1, 0.15) is 28.5 Å². The summed E-state index contributed by atoms with van der Waals surface area (Å²) in [5, 5.41) is 26.4. The van der Waals surface area contributed by atoms with Crippen molar-refractivity contribution in [3.63, 3.8) is 0 Å². The molecule has 0 unspecified atom stereocenters. The van der Waals surface area contributed by atoms with Gasteiger partial charge in [0.2, 0.25) is 5.16 Å². The Balaban J connectivity index is 2.17. The number of benzene rings is 1. The molecule has 0 atom stereocenters. The van der Waals surface area contributed by atoms with E-state index in [1.54, 1.807) is 19.1 Å². The minimum Gasteiger partial charge on any atom is -0.496 e. The number of thioether (sulfide) groups is 1. The standard InChI is InChI=1S/C18H17N5O6S/c1-7-20-18(23-22-7)30-6-9-5-8(3-4-10(9)29-2)11-12(16(25)26)14(19)21-15(24)13(11)17(27)28/h3-5H,6H2,1-2H3,(H,25,26)(H,27,28)(H3,19,21,24)(H,20,22,23). The van der Waals surface area contributed by atoms with Crippen LogP contribution in [0.1, 0.15) is 32.1 Å². The number of ether oxygens (including phenoxy) is 1. The molecule has 1 aromatic carbocycles. The highest BCUT2D eigenvalue weighted by Crippen LogP contribution is 2.34. The predicted molar refractivity (Wildman–Crippen MR) is 108 cm³/mol. The van der Waals surface area contributed by atoms with Crippen LogP contribution in [0.15, 0.2) is 28.2 Å². The molecule has 0 saturated carbocycles. The Morgan fingerprint density at radius 3 is 2.50 bits per heavy atom. The Morgan fingerprint density at radius 2 is 1.93 bits per heavy atom. The molecule has 2 aromatic heterocycles. The summed E-state index contributed by atoms with van der Waals surface area (Å²) in [5.74, 6) is -1.99. The number of pyridine rings is 1. The number of aromatic amines is 2. The monoisotopic (exact) mass is 431 g/mol. The van der Waals surface area contributed by atoms with Crippen molar-refractivity contribution in [2.75, 3.05) is 12.8 Å². The smallest absolute Gasteiger partial charge is 0.342 e. The average Bonchev–Trinajstić information content (AvgIpc) is 3.10. The lowest BCUT2D eigenvalue weighted by molar-refractivity contribution is 0.0695. The van der Waals surface area contributed by atoms with Crippen molar-refractivity contribution in [1.29, 1.82) is 0 Å². The van der Waals surface area contributed by atoms with Crippen LogP contribution < -0.4 is 16.0 Å². The van der Waals surface area contributed by atoms with Gasteiger partial charge in [0.15, 0.2) is 0 Å². The highest BCUT2D eigenvalue weighted by atomic mass is 32.2. The van der Waals surface area contributed by atoms with Crippen molar-refractivity contribution in [1.82, 2.24) is 20.2 Å². The van der Waals surface area contributed by atoms with Crippen LogP contribution in [-0.2, 0) is 5.75 Å². The van der Waals surface area contributed by atoms with Gasteiger partial charge < -0.3 is 25.7 Å². The molecule has 3 aromatic rings. The van der Waals surface area contributed by atoms with Gasteiger partial charge in [-0.05, 0) is 24.6 Å². The van der Waals surface area contributed by atoms with Crippen molar-refractivity contribution in [2.24, 2.45) is 0 Å². The number of nitrogen functional groups attached to an aromatic ring is 1. The molecule has 11 nitrogen and oxygen atoms in total.